The molecule has 2 aromatic carbocycles. The smallest absolute Gasteiger partial charge is 0.127 e. The Balaban J connectivity index is 2.06. The minimum absolute atomic E-state index is 0.571. The number of rotatable bonds is 4. The lowest BCUT2D eigenvalue weighted by molar-refractivity contribution is 0.482. The average molecular weight is 281 g/mol. The van der Waals surface area contributed by atoms with E-state index in [-0.39, 0.29) is 0 Å². The molecule has 0 saturated carbocycles. The minimum Gasteiger partial charge on any atom is -0.457 e. The molecule has 0 fully saturated rings. The molecule has 0 unspecified atom stereocenters. The van der Waals surface area contributed by atoms with Crippen LogP contribution in [0.3, 0.4) is 0 Å². The monoisotopic (exact) mass is 280 g/mol. The summed E-state index contributed by atoms with van der Waals surface area (Å²) in [5.41, 5.74) is 1.04. The molecule has 0 spiro atoms. The van der Waals surface area contributed by atoms with Gasteiger partial charge in [-0.05, 0) is 42.0 Å². The lowest BCUT2D eigenvalue weighted by Crippen LogP contribution is -1.92. The molecule has 0 radical (unpaired) electrons. The van der Waals surface area contributed by atoms with Crippen LogP contribution in [0, 0.1) is 0 Å². The van der Waals surface area contributed by atoms with E-state index in [9.17, 15) is 4.21 Å². The van der Waals surface area contributed by atoms with Gasteiger partial charge in [0.05, 0.1) is 0 Å². The first-order chi connectivity index (χ1) is 8.63. The number of hydrogen-bond acceptors (Lipinski definition) is 2. The van der Waals surface area contributed by atoms with Gasteiger partial charge in [-0.3, -0.25) is 4.21 Å². The zero-order valence-electron chi connectivity index (χ0n) is 9.93. The first-order valence-corrected chi connectivity index (χ1v) is 7.56. The van der Waals surface area contributed by atoms with E-state index in [2.05, 4.69) is 0 Å². The molecule has 2 rings (SSSR count). The third-order valence-electron chi connectivity index (χ3n) is 2.34. The minimum atomic E-state index is -0.819. The summed E-state index contributed by atoms with van der Waals surface area (Å²) in [4.78, 5) is 0. The second kappa shape index (κ2) is 6.03. The van der Waals surface area contributed by atoms with Crippen molar-refractivity contribution in [1.29, 1.82) is 0 Å². The van der Waals surface area contributed by atoms with Crippen molar-refractivity contribution in [1.82, 2.24) is 0 Å². The van der Waals surface area contributed by atoms with E-state index in [0.717, 1.165) is 17.1 Å². The Hall–Kier alpha value is -1.32. The predicted molar refractivity (Wildman–Crippen MR) is 75.7 cm³/mol. The van der Waals surface area contributed by atoms with Crippen LogP contribution in [0.4, 0.5) is 0 Å². The highest BCUT2D eigenvalue weighted by Crippen LogP contribution is 2.23. The topological polar surface area (TPSA) is 26.3 Å². The van der Waals surface area contributed by atoms with E-state index in [1.165, 1.54) is 0 Å². The highest BCUT2D eigenvalue weighted by atomic mass is 35.5. The molecule has 0 aliphatic carbocycles. The average Bonchev–Trinajstić information content (AvgIpc) is 2.34. The summed E-state index contributed by atoms with van der Waals surface area (Å²) < 4.78 is 16.7. The summed E-state index contributed by atoms with van der Waals surface area (Å²) >= 11 is 5.80. The van der Waals surface area contributed by atoms with Crippen molar-refractivity contribution < 1.29 is 8.95 Å². The van der Waals surface area contributed by atoms with Crippen molar-refractivity contribution >= 4 is 22.4 Å². The molecule has 1 atom stereocenters. The van der Waals surface area contributed by atoms with E-state index in [0.29, 0.717) is 10.8 Å². The van der Waals surface area contributed by atoms with Crippen LogP contribution in [-0.2, 0) is 16.6 Å². The van der Waals surface area contributed by atoms with Crippen LogP contribution < -0.4 is 4.74 Å². The number of ether oxygens (including phenoxy) is 1. The highest BCUT2D eigenvalue weighted by Gasteiger charge is 1.99. The van der Waals surface area contributed by atoms with Gasteiger partial charge in [-0.2, -0.15) is 0 Å². The molecule has 0 aliphatic heterocycles. The van der Waals surface area contributed by atoms with Crippen molar-refractivity contribution in [2.75, 3.05) is 6.26 Å². The fourth-order valence-corrected chi connectivity index (χ4v) is 2.32. The number of halogens is 1. The Morgan fingerprint density at radius 2 is 1.50 bits per heavy atom. The summed E-state index contributed by atoms with van der Waals surface area (Å²) in [6.45, 7) is 0. The van der Waals surface area contributed by atoms with Gasteiger partial charge in [-0.15, -0.1) is 0 Å². The van der Waals surface area contributed by atoms with Gasteiger partial charge in [0.1, 0.15) is 11.5 Å². The molecule has 0 heterocycles. The number of hydrogen-bond donors (Lipinski definition) is 0. The molecular formula is C14H13ClO2S. The Kier molecular flexibility index (Phi) is 4.39. The third kappa shape index (κ3) is 3.86. The quantitative estimate of drug-likeness (QED) is 0.846. The number of benzene rings is 2. The first kappa shape index (κ1) is 13.1. The molecular weight excluding hydrogens is 268 g/mol. The molecule has 0 amide bonds. The zero-order valence-corrected chi connectivity index (χ0v) is 11.5. The largest absolute Gasteiger partial charge is 0.457 e. The normalized spacial score (nSPS) is 12.1. The summed E-state index contributed by atoms with van der Waals surface area (Å²) in [5.74, 6) is 2.07. The summed E-state index contributed by atoms with van der Waals surface area (Å²) in [7, 11) is -0.819. The fraction of sp³-hybridized carbons (Fsp3) is 0.143. The molecule has 0 aliphatic rings. The van der Waals surface area contributed by atoms with Gasteiger partial charge in [-0.25, -0.2) is 0 Å². The molecule has 2 nitrogen and oxygen atoms in total. The first-order valence-electron chi connectivity index (χ1n) is 5.46. The standard InChI is InChI=1S/C14H13ClO2S/c1-18(16)10-11-2-6-13(7-3-11)17-14-8-4-12(15)5-9-14/h2-9H,10H2,1H3/t18-/m1/s1. The summed E-state index contributed by atoms with van der Waals surface area (Å²) in [5, 5.41) is 0.683. The molecule has 94 valence electrons. The maximum Gasteiger partial charge on any atom is 0.127 e. The van der Waals surface area contributed by atoms with E-state index in [1.807, 2.05) is 36.4 Å². The van der Waals surface area contributed by atoms with Gasteiger partial charge in [0.2, 0.25) is 0 Å². The van der Waals surface area contributed by atoms with Gasteiger partial charge in [0.25, 0.3) is 0 Å². The molecule has 0 saturated heterocycles. The van der Waals surface area contributed by atoms with Crippen LogP contribution in [0.2, 0.25) is 5.02 Å². The van der Waals surface area contributed by atoms with Gasteiger partial charge < -0.3 is 4.74 Å². The van der Waals surface area contributed by atoms with Crippen LogP contribution in [-0.4, -0.2) is 10.5 Å². The van der Waals surface area contributed by atoms with Gasteiger partial charge >= 0.3 is 0 Å². The molecule has 2 aromatic rings. The molecule has 0 bridgehead atoms. The van der Waals surface area contributed by atoms with Crippen LogP contribution >= 0.6 is 11.6 Å². The second-order valence-corrected chi connectivity index (χ2v) is 5.79. The SMILES string of the molecule is C[S@@](=O)Cc1ccc(Oc2ccc(Cl)cc2)cc1. The van der Waals surface area contributed by atoms with Crippen molar-refractivity contribution in [3.63, 3.8) is 0 Å². The zero-order chi connectivity index (χ0) is 13.0. The summed E-state index contributed by atoms with van der Waals surface area (Å²) in [6.07, 6.45) is 1.69. The molecule has 0 N–H and O–H groups in total. The van der Waals surface area contributed by atoms with E-state index >= 15 is 0 Å². The Morgan fingerprint density at radius 3 is 2.00 bits per heavy atom. The van der Waals surface area contributed by atoms with Crippen molar-refractivity contribution in [3.05, 3.63) is 59.1 Å². The maximum absolute atomic E-state index is 11.1. The second-order valence-electron chi connectivity index (χ2n) is 3.92. The van der Waals surface area contributed by atoms with Crippen LogP contribution in [0.15, 0.2) is 48.5 Å². The molecule has 18 heavy (non-hydrogen) atoms. The van der Waals surface area contributed by atoms with Crippen molar-refractivity contribution in [2.45, 2.75) is 5.75 Å². The van der Waals surface area contributed by atoms with E-state index < -0.39 is 10.8 Å². The fourth-order valence-electron chi connectivity index (χ4n) is 1.53. The Morgan fingerprint density at radius 1 is 1.00 bits per heavy atom. The lowest BCUT2D eigenvalue weighted by atomic mass is 10.2. The van der Waals surface area contributed by atoms with E-state index in [4.69, 9.17) is 16.3 Å². The van der Waals surface area contributed by atoms with E-state index in [1.54, 1.807) is 18.4 Å². The van der Waals surface area contributed by atoms with Crippen LogP contribution in [0.1, 0.15) is 5.56 Å². The molecule has 4 heteroatoms. The molecule has 0 aromatic heterocycles. The Labute approximate surface area is 114 Å². The van der Waals surface area contributed by atoms with Crippen LogP contribution in [0.25, 0.3) is 0 Å². The third-order valence-corrected chi connectivity index (χ3v) is 3.33. The van der Waals surface area contributed by atoms with Gasteiger partial charge in [-0.1, -0.05) is 23.7 Å². The summed E-state index contributed by atoms with van der Waals surface area (Å²) in [6, 6.07) is 14.8. The Bertz CT molecular complexity index is 535. The lowest BCUT2D eigenvalue weighted by Gasteiger charge is -2.06. The van der Waals surface area contributed by atoms with Crippen molar-refractivity contribution in [3.8, 4) is 11.5 Å². The van der Waals surface area contributed by atoms with Gasteiger partial charge in [0.15, 0.2) is 0 Å². The predicted octanol–water partition coefficient (Wildman–Crippen LogP) is 4.01. The highest BCUT2D eigenvalue weighted by molar-refractivity contribution is 7.83. The van der Waals surface area contributed by atoms with Crippen molar-refractivity contribution in [2.24, 2.45) is 0 Å². The van der Waals surface area contributed by atoms with Crippen LogP contribution in [0.5, 0.6) is 11.5 Å². The maximum atomic E-state index is 11.1. The van der Waals surface area contributed by atoms with Gasteiger partial charge in [0, 0.05) is 27.8 Å².